The Hall–Kier alpha value is -1.30. The molecule has 0 fully saturated rings. The van der Waals surface area contributed by atoms with Crippen LogP contribution in [-0.4, -0.2) is 56.5 Å². The number of likely N-dealkylation sites (N-methyl/N-ethyl adjacent to an activating group) is 1. The van der Waals surface area contributed by atoms with Crippen LogP contribution in [0.5, 0.6) is 0 Å². The minimum atomic E-state index is -0.516. The van der Waals surface area contributed by atoms with Crippen LogP contribution in [0, 0.1) is 0 Å². The fraction of sp³-hybridized carbons (Fsp3) is 0.818. The molecule has 0 saturated carbocycles. The Bertz CT molecular complexity index is 259. The number of ether oxygens (including phenoxy) is 3. The smallest absolute Gasteiger partial charge is 0.410 e. The third-order valence-corrected chi connectivity index (χ3v) is 1.72. The zero-order valence-electron chi connectivity index (χ0n) is 11.1. The normalized spacial score (nSPS) is 10.9. The van der Waals surface area contributed by atoms with Crippen LogP contribution < -0.4 is 0 Å². The quantitative estimate of drug-likeness (QED) is 0.536. The Labute approximate surface area is 102 Å². The van der Waals surface area contributed by atoms with Gasteiger partial charge in [0.25, 0.3) is 0 Å². The molecule has 0 heterocycles. The van der Waals surface area contributed by atoms with Crippen molar-refractivity contribution in [3.05, 3.63) is 0 Å². The third-order valence-electron chi connectivity index (χ3n) is 1.72. The summed E-state index contributed by atoms with van der Waals surface area (Å²) >= 11 is 0. The van der Waals surface area contributed by atoms with Crippen molar-refractivity contribution in [2.45, 2.75) is 26.4 Å². The number of hydrogen-bond donors (Lipinski definition) is 0. The number of methoxy groups -OCH3 is 1. The monoisotopic (exact) mass is 247 g/mol. The molecule has 100 valence electrons. The maximum atomic E-state index is 11.5. The van der Waals surface area contributed by atoms with Gasteiger partial charge in [-0.25, -0.2) is 9.59 Å². The van der Waals surface area contributed by atoms with Gasteiger partial charge < -0.3 is 19.1 Å². The summed E-state index contributed by atoms with van der Waals surface area (Å²) in [7, 11) is 2.90. The molecule has 6 nitrogen and oxygen atoms in total. The first-order valence-electron chi connectivity index (χ1n) is 5.35. The molecule has 0 aliphatic carbocycles. The molecule has 0 radical (unpaired) electrons. The maximum Gasteiger partial charge on any atom is 0.410 e. The summed E-state index contributed by atoms with van der Waals surface area (Å²) in [6, 6.07) is 0. The molecule has 0 aromatic heterocycles. The zero-order valence-corrected chi connectivity index (χ0v) is 11.1. The van der Waals surface area contributed by atoms with Crippen LogP contribution in [-0.2, 0) is 19.0 Å². The van der Waals surface area contributed by atoms with Crippen LogP contribution in [0.25, 0.3) is 0 Å². The van der Waals surface area contributed by atoms with Crippen LogP contribution in [0.3, 0.4) is 0 Å². The summed E-state index contributed by atoms with van der Waals surface area (Å²) < 4.78 is 14.6. The minimum Gasteiger partial charge on any atom is -0.467 e. The highest BCUT2D eigenvalue weighted by Crippen LogP contribution is 2.08. The number of amides is 1. The van der Waals surface area contributed by atoms with E-state index in [1.807, 2.05) is 0 Å². The molecule has 0 aromatic carbocycles. The van der Waals surface area contributed by atoms with Crippen LogP contribution >= 0.6 is 0 Å². The van der Waals surface area contributed by atoms with Crippen molar-refractivity contribution >= 4 is 12.1 Å². The second-order valence-electron chi connectivity index (χ2n) is 4.53. The Balaban J connectivity index is 3.75. The molecular weight excluding hydrogens is 226 g/mol. The minimum absolute atomic E-state index is 0.112. The van der Waals surface area contributed by atoms with E-state index < -0.39 is 17.7 Å². The first kappa shape index (κ1) is 15.7. The molecule has 0 unspecified atom stereocenters. The number of hydrogen-bond acceptors (Lipinski definition) is 5. The van der Waals surface area contributed by atoms with Crippen LogP contribution in [0.2, 0.25) is 0 Å². The van der Waals surface area contributed by atoms with E-state index in [9.17, 15) is 9.59 Å². The van der Waals surface area contributed by atoms with Gasteiger partial charge in [-0.15, -0.1) is 0 Å². The predicted octanol–water partition coefficient (Wildman–Crippen LogP) is 1.04. The highest BCUT2D eigenvalue weighted by atomic mass is 16.6. The van der Waals surface area contributed by atoms with Crippen molar-refractivity contribution in [2.24, 2.45) is 0 Å². The fourth-order valence-corrected chi connectivity index (χ4v) is 0.847. The van der Waals surface area contributed by atoms with Gasteiger partial charge in [0.05, 0.1) is 13.7 Å². The van der Waals surface area contributed by atoms with Gasteiger partial charge in [0, 0.05) is 13.6 Å². The second-order valence-corrected chi connectivity index (χ2v) is 4.53. The summed E-state index contributed by atoms with van der Waals surface area (Å²) in [5, 5.41) is 0. The summed E-state index contributed by atoms with van der Waals surface area (Å²) in [5.74, 6) is -0.440. The van der Waals surface area contributed by atoms with Gasteiger partial charge in [-0.2, -0.15) is 0 Å². The summed E-state index contributed by atoms with van der Waals surface area (Å²) in [5.41, 5.74) is -0.516. The lowest BCUT2D eigenvalue weighted by atomic mass is 10.2. The topological polar surface area (TPSA) is 65.1 Å². The summed E-state index contributed by atoms with van der Waals surface area (Å²) in [6.07, 6.45) is -0.417. The van der Waals surface area contributed by atoms with Crippen molar-refractivity contribution in [3.8, 4) is 0 Å². The second kappa shape index (κ2) is 7.11. The third kappa shape index (κ3) is 8.50. The van der Waals surface area contributed by atoms with Gasteiger partial charge in [0.2, 0.25) is 0 Å². The molecule has 0 aliphatic heterocycles. The highest BCUT2D eigenvalue weighted by molar-refractivity contribution is 5.70. The summed E-state index contributed by atoms with van der Waals surface area (Å²) in [6.45, 7) is 5.89. The number of carbonyl (C=O) groups is 2. The molecule has 0 rings (SSSR count). The lowest BCUT2D eigenvalue weighted by Gasteiger charge is -2.24. The lowest BCUT2D eigenvalue weighted by Crippen LogP contribution is -2.36. The molecule has 0 saturated heterocycles. The van der Waals surface area contributed by atoms with Crippen molar-refractivity contribution in [1.29, 1.82) is 0 Å². The average Bonchev–Trinajstić information content (AvgIpc) is 2.21. The number of nitrogens with zero attached hydrogens (tertiary/aromatic N) is 1. The molecular formula is C11H21NO5. The molecule has 0 spiro atoms. The van der Waals surface area contributed by atoms with E-state index in [0.717, 1.165) is 0 Å². The Kier molecular flexibility index (Phi) is 6.57. The average molecular weight is 247 g/mol. The van der Waals surface area contributed by atoms with Crippen LogP contribution in [0.15, 0.2) is 0 Å². The predicted molar refractivity (Wildman–Crippen MR) is 61.7 cm³/mol. The SMILES string of the molecule is COC(=O)COCCN(C)C(=O)OC(C)(C)C. The van der Waals surface area contributed by atoms with Gasteiger partial charge >= 0.3 is 12.1 Å². The largest absolute Gasteiger partial charge is 0.467 e. The van der Waals surface area contributed by atoms with Crippen molar-refractivity contribution < 1.29 is 23.8 Å². The molecule has 0 N–H and O–H groups in total. The van der Waals surface area contributed by atoms with Gasteiger partial charge in [0.15, 0.2) is 0 Å². The first-order valence-corrected chi connectivity index (χ1v) is 5.35. The van der Waals surface area contributed by atoms with E-state index >= 15 is 0 Å². The Morgan fingerprint density at radius 1 is 1.24 bits per heavy atom. The van der Waals surface area contributed by atoms with Crippen molar-refractivity contribution in [2.75, 3.05) is 33.9 Å². The number of esters is 1. The van der Waals surface area contributed by atoms with Crippen LogP contribution in [0.1, 0.15) is 20.8 Å². The number of rotatable bonds is 5. The standard InChI is InChI=1S/C11H21NO5/c1-11(2,3)17-10(14)12(4)6-7-16-8-9(13)15-5/h6-8H2,1-5H3. The Morgan fingerprint density at radius 3 is 2.29 bits per heavy atom. The zero-order chi connectivity index (χ0) is 13.5. The molecule has 0 atom stereocenters. The van der Waals surface area contributed by atoms with E-state index in [0.29, 0.717) is 6.54 Å². The molecule has 0 bridgehead atoms. The maximum absolute atomic E-state index is 11.5. The van der Waals surface area contributed by atoms with Gasteiger partial charge in [-0.3, -0.25) is 0 Å². The molecule has 1 amide bonds. The van der Waals surface area contributed by atoms with E-state index in [2.05, 4.69) is 4.74 Å². The van der Waals surface area contributed by atoms with Gasteiger partial charge in [0.1, 0.15) is 12.2 Å². The number of carbonyl (C=O) groups excluding carboxylic acids is 2. The van der Waals surface area contributed by atoms with E-state index in [1.165, 1.54) is 12.0 Å². The van der Waals surface area contributed by atoms with Gasteiger partial charge in [-0.1, -0.05) is 0 Å². The van der Waals surface area contributed by atoms with Crippen molar-refractivity contribution in [1.82, 2.24) is 4.90 Å². The fourth-order valence-electron chi connectivity index (χ4n) is 0.847. The van der Waals surface area contributed by atoms with Gasteiger partial charge in [-0.05, 0) is 20.8 Å². The highest BCUT2D eigenvalue weighted by Gasteiger charge is 2.19. The van der Waals surface area contributed by atoms with E-state index in [4.69, 9.17) is 9.47 Å². The van der Waals surface area contributed by atoms with Crippen LogP contribution in [0.4, 0.5) is 4.79 Å². The van der Waals surface area contributed by atoms with E-state index in [-0.39, 0.29) is 13.2 Å². The molecule has 0 aromatic rings. The lowest BCUT2D eigenvalue weighted by molar-refractivity contribution is -0.145. The van der Waals surface area contributed by atoms with E-state index in [1.54, 1.807) is 27.8 Å². The Morgan fingerprint density at radius 2 is 1.82 bits per heavy atom. The molecule has 0 aliphatic rings. The van der Waals surface area contributed by atoms with Crippen molar-refractivity contribution in [3.63, 3.8) is 0 Å². The molecule has 6 heteroatoms. The first-order chi connectivity index (χ1) is 7.76. The molecule has 17 heavy (non-hydrogen) atoms. The summed E-state index contributed by atoms with van der Waals surface area (Å²) in [4.78, 5) is 23.6.